The summed E-state index contributed by atoms with van der Waals surface area (Å²) in [6.07, 6.45) is -0.589. The fourth-order valence-corrected chi connectivity index (χ4v) is 4.25. The van der Waals surface area contributed by atoms with Gasteiger partial charge >= 0.3 is 6.09 Å². The second kappa shape index (κ2) is 8.85. The van der Waals surface area contributed by atoms with Gasteiger partial charge in [0.15, 0.2) is 5.82 Å². The van der Waals surface area contributed by atoms with E-state index in [0.717, 1.165) is 27.6 Å². The van der Waals surface area contributed by atoms with Crippen molar-refractivity contribution in [3.63, 3.8) is 0 Å². The van der Waals surface area contributed by atoms with Crippen molar-refractivity contribution in [2.45, 2.75) is 26.4 Å². The molecule has 0 saturated carbocycles. The molecule has 4 aromatic carbocycles. The molecule has 0 fully saturated rings. The van der Waals surface area contributed by atoms with Crippen molar-refractivity contribution in [2.75, 3.05) is 11.1 Å². The topological polar surface area (TPSA) is 99.2 Å². The molecule has 0 bridgehead atoms. The molecule has 0 spiro atoms. The number of carbonyl (C=O) groups is 2. The monoisotopic (exact) mass is 478 g/mol. The second-order valence-corrected chi connectivity index (χ2v) is 9.54. The number of hydrogen-bond donors (Lipinski definition) is 2. The summed E-state index contributed by atoms with van der Waals surface area (Å²) in [5.74, 6) is 0.0621. The zero-order valence-corrected chi connectivity index (χ0v) is 20.3. The van der Waals surface area contributed by atoms with Gasteiger partial charge in [-0.1, -0.05) is 54.6 Å². The fraction of sp³-hybridized carbons (Fsp3) is 0.138. The van der Waals surface area contributed by atoms with Gasteiger partial charge in [-0.2, -0.15) is 4.68 Å². The maximum atomic E-state index is 13.0. The molecular weight excluding hydrogens is 452 g/mol. The summed E-state index contributed by atoms with van der Waals surface area (Å²) < 4.78 is 6.70. The number of nitrogens with one attached hydrogen (secondary N) is 1. The molecule has 0 unspecified atom stereocenters. The predicted octanol–water partition coefficient (Wildman–Crippen LogP) is 6.47. The number of fused-ring (bicyclic) bond motifs is 2. The van der Waals surface area contributed by atoms with Crippen LogP contribution in [-0.2, 0) is 4.74 Å². The summed E-state index contributed by atoms with van der Waals surface area (Å²) in [5.41, 5.74) is 9.22. The largest absolute Gasteiger partial charge is 0.442 e. The van der Waals surface area contributed by atoms with Crippen molar-refractivity contribution in [2.24, 2.45) is 0 Å². The highest BCUT2D eigenvalue weighted by molar-refractivity contribution is 6.14. The number of nitrogens with two attached hydrogens (primary N) is 1. The van der Waals surface area contributed by atoms with Crippen LogP contribution in [0.2, 0.25) is 0 Å². The standard InChI is InChI=1S/C29H26N4O3/c1-29(2,3)36-28(35)33-24-14-8-12-22(25(24)26(30)32-33)19-15-16-21-18(17-19)9-7-13-23(21)27(34)31-20-10-5-4-6-11-20/h4-17H,1-3H3,(H2,30,32)(H,31,34). The third-order valence-electron chi connectivity index (χ3n) is 5.77. The Hall–Kier alpha value is -4.65. The summed E-state index contributed by atoms with van der Waals surface area (Å²) in [5, 5.41) is 9.62. The average molecular weight is 479 g/mol. The highest BCUT2D eigenvalue weighted by Gasteiger charge is 2.23. The molecule has 36 heavy (non-hydrogen) atoms. The number of ether oxygens (including phenoxy) is 1. The Morgan fingerprint density at radius 2 is 1.67 bits per heavy atom. The smallest absolute Gasteiger partial charge is 0.435 e. The van der Waals surface area contributed by atoms with Gasteiger partial charge in [-0.3, -0.25) is 4.79 Å². The molecule has 3 N–H and O–H groups in total. The van der Waals surface area contributed by atoms with Crippen LogP contribution in [0.25, 0.3) is 32.8 Å². The van der Waals surface area contributed by atoms with Crippen LogP contribution in [0.15, 0.2) is 84.9 Å². The minimum atomic E-state index is -0.662. The highest BCUT2D eigenvalue weighted by Crippen LogP contribution is 2.35. The molecule has 1 aromatic heterocycles. The van der Waals surface area contributed by atoms with Gasteiger partial charge < -0.3 is 15.8 Å². The number of amides is 1. The number of anilines is 2. The fourth-order valence-electron chi connectivity index (χ4n) is 4.25. The van der Waals surface area contributed by atoms with E-state index in [1.807, 2.05) is 78.9 Å². The molecule has 0 aliphatic rings. The molecule has 7 heteroatoms. The number of hydrogen-bond acceptors (Lipinski definition) is 5. The summed E-state index contributed by atoms with van der Waals surface area (Å²) >= 11 is 0. The molecule has 1 amide bonds. The lowest BCUT2D eigenvalue weighted by molar-refractivity contribution is 0.0523. The van der Waals surface area contributed by atoms with Crippen LogP contribution in [0.1, 0.15) is 31.1 Å². The van der Waals surface area contributed by atoms with E-state index in [-0.39, 0.29) is 11.7 Å². The van der Waals surface area contributed by atoms with Crippen LogP contribution in [-0.4, -0.2) is 27.4 Å². The van der Waals surface area contributed by atoms with Gasteiger partial charge in [-0.25, -0.2) is 4.79 Å². The van der Waals surface area contributed by atoms with Gasteiger partial charge in [0.2, 0.25) is 0 Å². The molecule has 0 radical (unpaired) electrons. The first-order chi connectivity index (χ1) is 17.2. The van der Waals surface area contributed by atoms with Gasteiger partial charge in [0.05, 0.1) is 10.9 Å². The van der Waals surface area contributed by atoms with E-state index in [2.05, 4.69) is 10.4 Å². The molecule has 0 aliphatic heterocycles. The molecule has 5 aromatic rings. The maximum Gasteiger partial charge on any atom is 0.435 e. The van der Waals surface area contributed by atoms with Crippen molar-refractivity contribution < 1.29 is 14.3 Å². The van der Waals surface area contributed by atoms with Crippen LogP contribution in [0.3, 0.4) is 0 Å². The molecule has 0 atom stereocenters. The van der Waals surface area contributed by atoms with Crippen molar-refractivity contribution in [1.29, 1.82) is 0 Å². The first-order valence-corrected chi connectivity index (χ1v) is 11.6. The SMILES string of the molecule is CC(C)(C)OC(=O)n1nc(N)c2c(-c3ccc4c(C(=O)Nc5ccccc5)cccc4c3)cccc21. The molecule has 180 valence electrons. The van der Waals surface area contributed by atoms with E-state index >= 15 is 0 Å². The number of rotatable bonds is 3. The average Bonchev–Trinajstić information content (AvgIpc) is 3.20. The highest BCUT2D eigenvalue weighted by atomic mass is 16.6. The summed E-state index contributed by atoms with van der Waals surface area (Å²) in [6, 6.07) is 26.5. The van der Waals surface area contributed by atoms with Crippen molar-refractivity contribution in [3.8, 4) is 11.1 Å². The number of nitrogens with zero attached hydrogens (tertiary/aromatic N) is 2. The van der Waals surface area contributed by atoms with Gasteiger partial charge in [0, 0.05) is 11.3 Å². The van der Waals surface area contributed by atoms with Crippen LogP contribution in [0.4, 0.5) is 16.3 Å². The van der Waals surface area contributed by atoms with Gasteiger partial charge in [0.25, 0.3) is 5.91 Å². The van der Waals surface area contributed by atoms with E-state index in [1.165, 1.54) is 4.68 Å². The van der Waals surface area contributed by atoms with Crippen LogP contribution < -0.4 is 11.1 Å². The summed E-state index contributed by atoms with van der Waals surface area (Å²) in [6.45, 7) is 5.40. The third-order valence-corrected chi connectivity index (χ3v) is 5.77. The van der Waals surface area contributed by atoms with E-state index in [0.29, 0.717) is 16.5 Å². The Morgan fingerprint density at radius 3 is 2.42 bits per heavy atom. The number of para-hydroxylation sites is 1. The second-order valence-electron chi connectivity index (χ2n) is 9.54. The molecule has 7 nitrogen and oxygen atoms in total. The predicted molar refractivity (Wildman–Crippen MR) is 143 cm³/mol. The lowest BCUT2D eigenvalue weighted by Gasteiger charge is -2.19. The quantitative estimate of drug-likeness (QED) is 0.309. The number of benzene rings is 4. The minimum Gasteiger partial charge on any atom is -0.442 e. The van der Waals surface area contributed by atoms with E-state index < -0.39 is 11.7 Å². The van der Waals surface area contributed by atoms with Crippen molar-refractivity contribution in [3.05, 3.63) is 90.5 Å². The Kier molecular flexibility index (Phi) is 5.68. The summed E-state index contributed by atoms with van der Waals surface area (Å²) in [4.78, 5) is 25.7. The van der Waals surface area contributed by atoms with Crippen molar-refractivity contribution in [1.82, 2.24) is 9.78 Å². The zero-order valence-electron chi connectivity index (χ0n) is 20.3. The van der Waals surface area contributed by atoms with Gasteiger partial charge in [0.1, 0.15) is 5.60 Å². The molecular formula is C29H26N4O3. The Morgan fingerprint density at radius 1 is 0.917 bits per heavy atom. The van der Waals surface area contributed by atoms with Crippen molar-refractivity contribution >= 4 is 45.2 Å². The molecule has 0 saturated heterocycles. The summed E-state index contributed by atoms with van der Waals surface area (Å²) in [7, 11) is 0. The number of aromatic nitrogens is 2. The zero-order chi connectivity index (χ0) is 25.4. The third kappa shape index (κ3) is 4.38. The first-order valence-electron chi connectivity index (χ1n) is 11.6. The normalized spacial score (nSPS) is 11.5. The number of carbonyl (C=O) groups excluding carboxylic acids is 2. The molecule has 1 heterocycles. The van der Waals surface area contributed by atoms with Crippen LogP contribution in [0.5, 0.6) is 0 Å². The van der Waals surface area contributed by atoms with Crippen LogP contribution >= 0.6 is 0 Å². The lowest BCUT2D eigenvalue weighted by Crippen LogP contribution is -2.27. The molecule has 0 aliphatic carbocycles. The van der Waals surface area contributed by atoms with E-state index in [9.17, 15) is 9.59 Å². The van der Waals surface area contributed by atoms with Crippen LogP contribution in [0, 0.1) is 0 Å². The molecule has 5 rings (SSSR count). The number of nitrogen functional groups attached to an aromatic ring is 1. The minimum absolute atomic E-state index is 0.176. The Bertz CT molecular complexity index is 1620. The van der Waals surface area contributed by atoms with E-state index in [1.54, 1.807) is 26.8 Å². The lowest BCUT2D eigenvalue weighted by atomic mass is 9.96. The van der Waals surface area contributed by atoms with Gasteiger partial charge in [-0.05, 0) is 73.0 Å². The maximum absolute atomic E-state index is 13.0. The van der Waals surface area contributed by atoms with E-state index in [4.69, 9.17) is 10.5 Å². The Labute approximate surface area is 208 Å². The first kappa shape index (κ1) is 23.1. The Balaban J connectivity index is 1.55. The van der Waals surface area contributed by atoms with Gasteiger partial charge in [-0.15, -0.1) is 5.10 Å².